The van der Waals surface area contributed by atoms with Crippen molar-refractivity contribution in [2.24, 2.45) is 0 Å². The average molecular weight is 514 g/mol. The molecule has 3 rings (SSSR count). The van der Waals surface area contributed by atoms with Crippen molar-refractivity contribution in [3.8, 4) is 0 Å². The van der Waals surface area contributed by atoms with Gasteiger partial charge in [0.15, 0.2) is 0 Å². The first-order valence-corrected chi connectivity index (χ1v) is 14.6. The summed E-state index contributed by atoms with van der Waals surface area (Å²) in [6.07, 6.45) is 6.79. The molecule has 7 nitrogen and oxygen atoms in total. The Morgan fingerprint density at radius 3 is 2.25 bits per heavy atom. The zero-order valence-electron chi connectivity index (χ0n) is 21.9. The summed E-state index contributed by atoms with van der Waals surface area (Å²) in [6, 6.07) is 14.3. The van der Waals surface area contributed by atoms with Crippen LogP contribution in [0.25, 0.3) is 0 Å². The lowest BCUT2D eigenvalue weighted by Crippen LogP contribution is -2.53. The minimum absolute atomic E-state index is 0.122. The number of anilines is 1. The molecule has 196 valence electrons. The van der Waals surface area contributed by atoms with Gasteiger partial charge >= 0.3 is 0 Å². The molecule has 0 bridgehead atoms. The predicted octanol–water partition coefficient (Wildman–Crippen LogP) is 4.33. The van der Waals surface area contributed by atoms with Gasteiger partial charge in [0.05, 0.1) is 11.9 Å². The first kappa shape index (κ1) is 27.7. The van der Waals surface area contributed by atoms with E-state index in [1.807, 2.05) is 51.1 Å². The first-order chi connectivity index (χ1) is 17.1. The summed E-state index contributed by atoms with van der Waals surface area (Å²) in [5.74, 6) is -0.584. The van der Waals surface area contributed by atoms with Crippen molar-refractivity contribution in [3.05, 3.63) is 65.2 Å². The van der Waals surface area contributed by atoms with Crippen LogP contribution in [0.4, 0.5) is 5.69 Å². The SMILES string of the molecule is CC[C@H](C(=O)NC1CCCCC1)N(Cc1ccc(C)cc1)C(=O)CN(c1cccc(C)c1)S(C)(=O)=O. The molecule has 1 atom stereocenters. The van der Waals surface area contributed by atoms with E-state index in [0.717, 1.165) is 52.9 Å². The summed E-state index contributed by atoms with van der Waals surface area (Å²) in [5, 5.41) is 3.16. The molecule has 1 N–H and O–H groups in total. The van der Waals surface area contributed by atoms with E-state index in [9.17, 15) is 18.0 Å². The summed E-state index contributed by atoms with van der Waals surface area (Å²) >= 11 is 0. The Hall–Kier alpha value is -2.87. The molecule has 0 saturated heterocycles. The number of carbonyl (C=O) groups excluding carboxylic acids is 2. The second-order valence-electron chi connectivity index (χ2n) is 9.88. The van der Waals surface area contributed by atoms with Crippen LogP contribution in [0.1, 0.15) is 62.1 Å². The highest BCUT2D eigenvalue weighted by Gasteiger charge is 2.32. The van der Waals surface area contributed by atoms with Gasteiger partial charge in [-0.3, -0.25) is 13.9 Å². The van der Waals surface area contributed by atoms with Crippen LogP contribution in [0, 0.1) is 13.8 Å². The number of nitrogens with zero attached hydrogens (tertiary/aromatic N) is 2. The lowest BCUT2D eigenvalue weighted by atomic mass is 9.95. The third-order valence-electron chi connectivity index (χ3n) is 6.78. The molecule has 0 radical (unpaired) electrons. The van der Waals surface area contributed by atoms with E-state index in [4.69, 9.17) is 0 Å². The van der Waals surface area contributed by atoms with Crippen LogP contribution in [0.5, 0.6) is 0 Å². The Balaban J connectivity index is 1.90. The third-order valence-corrected chi connectivity index (χ3v) is 7.92. The molecule has 0 spiro atoms. The zero-order valence-corrected chi connectivity index (χ0v) is 22.7. The highest BCUT2D eigenvalue weighted by atomic mass is 32.2. The van der Waals surface area contributed by atoms with Crippen molar-refractivity contribution in [2.75, 3.05) is 17.1 Å². The van der Waals surface area contributed by atoms with E-state index in [0.29, 0.717) is 12.1 Å². The summed E-state index contributed by atoms with van der Waals surface area (Å²) in [4.78, 5) is 28.7. The van der Waals surface area contributed by atoms with Crippen LogP contribution < -0.4 is 9.62 Å². The monoisotopic (exact) mass is 513 g/mol. The normalized spacial score (nSPS) is 15.2. The number of hydrogen-bond acceptors (Lipinski definition) is 4. The molecule has 1 saturated carbocycles. The summed E-state index contributed by atoms with van der Waals surface area (Å²) in [5.41, 5.74) is 3.31. The van der Waals surface area contributed by atoms with E-state index in [2.05, 4.69) is 5.32 Å². The number of aryl methyl sites for hydroxylation is 2. The Morgan fingerprint density at radius 2 is 1.67 bits per heavy atom. The summed E-state index contributed by atoms with van der Waals surface area (Å²) < 4.78 is 26.5. The Labute approximate surface area is 215 Å². The first-order valence-electron chi connectivity index (χ1n) is 12.8. The smallest absolute Gasteiger partial charge is 0.244 e. The maximum Gasteiger partial charge on any atom is 0.244 e. The molecule has 2 aromatic rings. The molecule has 1 fully saturated rings. The van der Waals surface area contributed by atoms with Crippen LogP contribution >= 0.6 is 0 Å². The molecule has 1 aliphatic carbocycles. The zero-order chi connectivity index (χ0) is 26.3. The van der Waals surface area contributed by atoms with Crippen molar-refractivity contribution < 1.29 is 18.0 Å². The average Bonchev–Trinajstić information content (AvgIpc) is 2.83. The van der Waals surface area contributed by atoms with Gasteiger partial charge in [0.1, 0.15) is 12.6 Å². The fourth-order valence-corrected chi connectivity index (χ4v) is 5.59. The van der Waals surface area contributed by atoms with Crippen LogP contribution in [0.15, 0.2) is 48.5 Å². The Kier molecular flexibility index (Phi) is 9.54. The van der Waals surface area contributed by atoms with Crippen LogP contribution in [-0.2, 0) is 26.2 Å². The van der Waals surface area contributed by atoms with Crippen molar-refractivity contribution in [3.63, 3.8) is 0 Å². The van der Waals surface area contributed by atoms with Gasteiger partial charge in [-0.05, 0) is 56.4 Å². The van der Waals surface area contributed by atoms with Crippen molar-refractivity contribution in [2.45, 2.75) is 77.9 Å². The van der Waals surface area contributed by atoms with Gasteiger partial charge < -0.3 is 10.2 Å². The Bertz CT molecular complexity index is 1140. The molecule has 0 unspecified atom stereocenters. The molecule has 8 heteroatoms. The standard InChI is InChI=1S/C28H39N3O4S/c1-5-26(28(33)29-24-11-7-6-8-12-24)30(19-23-16-14-21(2)15-17-23)27(32)20-31(36(4,34)35)25-13-9-10-22(3)18-25/h9-10,13-18,24,26H,5-8,11-12,19-20H2,1-4H3,(H,29,33)/t26-/m1/s1. The molecule has 0 aliphatic heterocycles. The number of sulfonamides is 1. The van der Waals surface area contributed by atoms with Gasteiger partial charge in [0.25, 0.3) is 0 Å². The number of amides is 2. The number of benzene rings is 2. The molecular formula is C28H39N3O4S. The molecular weight excluding hydrogens is 474 g/mol. The molecule has 0 aromatic heterocycles. The number of rotatable bonds is 10. The predicted molar refractivity (Wildman–Crippen MR) is 144 cm³/mol. The van der Waals surface area contributed by atoms with Gasteiger partial charge in [-0.2, -0.15) is 0 Å². The molecule has 0 heterocycles. The van der Waals surface area contributed by atoms with Crippen molar-refractivity contribution in [1.82, 2.24) is 10.2 Å². The van der Waals surface area contributed by atoms with Crippen molar-refractivity contribution in [1.29, 1.82) is 0 Å². The third kappa shape index (κ3) is 7.56. The fourth-order valence-electron chi connectivity index (χ4n) is 4.75. The molecule has 2 amide bonds. The topological polar surface area (TPSA) is 86.8 Å². The lowest BCUT2D eigenvalue weighted by molar-refractivity contribution is -0.140. The maximum atomic E-state index is 13.8. The minimum atomic E-state index is -3.73. The van der Waals surface area contributed by atoms with Gasteiger partial charge in [-0.25, -0.2) is 8.42 Å². The lowest BCUT2D eigenvalue weighted by Gasteiger charge is -2.34. The van der Waals surface area contributed by atoms with Crippen LogP contribution in [0.3, 0.4) is 0 Å². The van der Waals surface area contributed by atoms with Crippen molar-refractivity contribution >= 4 is 27.5 Å². The Morgan fingerprint density at radius 1 is 1.00 bits per heavy atom. The number of hydrogen-bond donors (Lipinski definition) is 1. The maximum absolute atomic E-state index is 13.8. The minimum Gasteiger partial charge on any atom is -0.352 e. The van der Waals surface area contributed by atoms with E-state index in [1.165, 1.54) is 11.3 Å². The van der Waals surface area contributed by atoms with Gasteiger partial charge in [-0.1, -0.05) is 68.1 Å². The van der Waals surface area contributed by atoms with Crippen LogP contribution in [0.2, 0.25) is 0 Å². The summed E-state index contributed by atoms with van der Waals surface area (Å²) in [6.45, 7) is 5.60. The second-order valence-corrected chi connectivity index (χ2v) is 11.8. The molecule has 1 aliphatic rings. The van der Waals surface area contributed by atoms with Gasteiger partial charge in [0, 0.05) is 12.6 Å². The largest absolute Gasteiger partial charge is 0.352 e. The molecule has 36 heavy (non-hydrogen) atoms. The second kappa shape index (κ2) is 12.4. The fraction of sp³-hybridized carbons (Fsp3) is 0.500. The van der Waals surface area contributed by atoms with E-state index < -0.39 is 22.0 Å². The van der Waals surface area contributed by atoms with E-state index in [-0.39, 0.29) is 25.0 Å². The number of nitrogens with one attached hydrogen (secondary N) is 1. The van der Waals surface area contributed by atoms with Crippen LogP contribution in [-0.4, -0.2) is 50.0 Å². The number of carbonyl (C=O) groups is 2. The van der Waals surface area contributed by atoms with Gasteiger partial charge in [-0.15, -0.1) is 0 Å². The highest BCUT2D eigenvalue weighted by Crippen LogP contribution is 2.22. The summed E-state index contributed by atoms with van der Waals surface area (Å²) in [7, 11) is -3.73. The van der Waals surface area contributed by atoms with E-state index in [1.54, 1.807) is 18.2 Å². The van der Waals surface area contributed by atoms with E-state index >= 15 is 0 Å². The quantitative estimate of drug-likeness (QED) is 0.512. The molecule has 2 aromatic carbocycles. The van der Waals surface area contributed by atoms with Gasteiger partial charge in [0.2, 0.25) is 21.8 Å². The highest BCUT2D eigenvalue weighted by molar-refractivity contribution is 7.92.